The van der Waals surface area contributed by atoms with Crippen LogP contribution in [0.25, 0.3) is 0 Å². The molecule has 1 aliphatic carbocycles. The number of amides is 1. The Morgan fingerprint density at radius 3 is 2.67 bits per heavy atom. The molecule has 0 aliphatic heterocycles. The maximum absolute atomic E-state index is 13.1. The molecule has 2 unspecified atom stereocenters. The van der Waals surface area contributed by atoms with Crippen molar-refractivity contribution in [1.82, 2.24) is 10.0 Å². The molecule has 2 rings (SSSR count). The van der Waals surface area contributed by atoms with Crippen LogP contribution < -0.4 is 10.0 Å². The number of nitrogens with one attached hydrogen (secondary N) is 2. The highest BCUT2D eigenvalue weighted by molar-refractivity contribution is 7.89. The first-order chi connectivity index (χ1) is 11.3. The number of halogens is 2. The smallest absolute Gasteiger partial charge is 0.240 e. The van der Waals surface area contributed by atoms with E-state index < -0.39 is 21.7 Å². The SMILES string of the molecule is CC1CCCC(NC(=O)CCNS(=O)(=O)c2ccc(F)c(F)c2)C1. The summed E-state index contributed by atoms with van der Waals surface area (Å²) in [6, 6.07) is 2.48. The van der Waals surface area contributed by atoms with Crippen LogP contribution >= 0.6 is 0 Å². The van der Waals surface area contributed by atoms with E-state index in [1.165, 1.54) is 6.42 Å². The molecule has 8 heteroatoms. The molecular weight excluding hydrogens is 338 g/mol. The average Bonchev–Trinajstić information content (AvgIpc) is 2.49. The highest BCUT2D eigenvalue weighted by atomic mass is 32.2. The van der Waals surface area contributed by atoms with E-state index in [2.05, 4.69) is 17.0 Å². The maximum Gasteiger partial charge on any atom is 0.240 e. The van der Waals surface area contributed by atoms with Gasteiger partial charge in [-0.2, -0.15) is 0 Å². The van der Waals surface area contributed by atoms with Crippen LogP contribution in [0.1, 0.15) is 39.0 Å². The summed E-state index contributed by atoms with van der Waals surface area (Å²) in [4.78, 5) is 11.5. The normalized spacial score (nSPS) is 21.5. The molecule has 0 aromatic heterocycles. The van der Waals surface area contributed by atoms with Crippen molar-refractivity contribution < 1.29 is 22.0 Å². The summed E-state index contributed by atoms with van der Waals surface area (Å²) in [5, 5.41) is 2.91. The van der Waals surface area contributed by atoms with Crippen LogP contribution in [0.2, 0.25) is 0 Å². The van der Waals surface area contributed by atoms with Crippen molar-refractivity contribution in [2.45, 2.75) is 50.0 Å². The van der Waals surface area contributed by atoms with Gasteiger partial charge in [-0.1, -0.05) is 19.8 Å². The molecule has 0 heterocycles. The monoisotopic (exact) mass is 360 g/mol. The van der Waals surface area contributed by atoms with Crippen molar-refractivity contribution in [3.05, 3.63) is 29.8 Å². The Labute approximate surface area is 140 Å². The number of sulfonamides is 1. The fraction of sp³-hybridized carbons (Fsp3) is 0.562. The predicted molar refractivity (Wildman–Crippen MR) is 85.7 cm³/mol. The second-order valence-corrected chi connectivity index (χ2v) is 8.03. The lowest BCUT2D eigenvalue weighted by Gasteiger charge is -2.27. The second-order valence-electron chi connectivity index (χ2n) is 6.26. The molecule has 2 atom stereocenters. The number of hydrogen-bond donors (Lipinski definition) is 2. The summed E-state index contributed by atoms with van der Waals surface area (Å²) in [5.41, 5.74) is 0. The molecule has 134 valence electrons. The summed E-state index contributed by atoms with van der Waals surface area (Å²) in [6.45, 7) is 2.05. The zero-order chi connectivity index (χ0) is 17.7. The van der Waals surface area contributed by atoms with Gasteiger partial charge in [-0.3, -0.25) is 4.79 Å². The molecule has 0 radical (unpaired) electrons. The lowest BCUT2D eigenvalue weighted by Crippen LogP contribution is -2.39. The standard InChI is InChI=1S/C16H22F2N2O3S/c1-11-3-2-4-12(9-11)20-16(21)7-8-19-24(22,23)13-5-6-14(17)15(18)10-13/h5-6,10-12,19H,2-4,7-9H2,1H3,(H,20,21). The van der Waals surface area contributed by atoms with Crippen molar-refractivity contribution in [2.24, 2.45) is 5.92 Å². The summed E-state index contributed by atoms with van der Waals surface area (Å²) in [7, 11) is -3.97. The summed E-state index contributed by atoms with van der Waals surface area (Å²) in [5.74, 6) is -1.99. The third-order valence-electron chi connectivity index (χ3n) is 4.15. The molecule has 1 aromatic rings. The van der Waals surface area contributed by atoms with Crippen molar-refractivity contribution in [3.63, 3.8) is 0 Å². The van der Waals surface area contributed by atoms with E-state index in [4.69, 9.17) is 0 Å². The summed E-state index contributed by atoms with van der Waals surface area (Å²) in [6.07, 6.45) is 4.12. The van der Waals surface area contributed by atoms with Crippen LogP contribution in [-0.4, -0.2) is 26.9 Å². The predicted octanol–water partition coefficient (Wildman–Crippen LogP) is 2.33. The largest absolute Gasteiger partial charge is 0.353 e. The number of rotatable bonds is 6. The fourth-order valence-corrected chi connectivity index (χ4v) is 3.93. The second kappa shape index (κ2) is 8.02. The van der Waals surface area contributed by atoms with E-state index in [1.54, 1.807) is 0 Å². The van der Waals surface area contributed by atoms with Gasteiger partial charge in [-0.25, -0.2) is 21.9 Å². The minimum Gasteiger partial charge on any atom is -0.353 e. The van der Waals surface area contributed by atoms with Gasteiger partial charge < -0.3 is 5.32 Å². The third kappa shape index (κ3) is 5.24. The van der Waals surface area contributed by atoms with Crippen LogP contribution in [0, 0.1) is 17.6 Å². The molecule has 1 aromatic carbocycles. The zero-order valence-corrected chi connectivity index (χ0v) is 14.3. The first-order valence-electron chi connectivity index (χ1n) is 8.02. The third-order valence-corrected chi connectivity index (χ3v) is 5.61. The van der Waals surface area contributed by atoms with Gasteiger partial charge in [-0.15, -0.1) is 0 Å². The molecule has 5 nitrogen and oxygen atoms in total. The first kappa shape index (κ1) is 18.8. The molecule has 24 heavy (non-hydrogen) atoms. The molecule has 0 saturated heterocycles. The van der Waals surface area contributed by atoms with Crippen LogP contribution in [0.5, 0.6) is 0 Å². The topological polar surface area (TPSA) is 75.3 Å². The van der Waals surface area contributed by atoms with E-state index >= 15 is 0 Å². The van der Waals surface area contributed by atoms with Crippen LogP contribution in [0.3, 0.4) is 0 Å². The number of benzene rings is 1. The molecule has 2 N–H and O–H groups in total. The fourth-order valence-electron chi connectivity index (χ4n) is 2.89. The molecule has 0 spiro atoms. The van der Waals surface area contributed by atoms with E-state index in [0.29, 0.717) is 12.0 Å². The Kier molecular flexibility index (Phi) is 6.28. The van der Waals surface area contributed by atoms with Crippen LogP contribution in [0.4, 0.5) is 8.78 Å². The number of carbonyl (C=O) groups excluding carboxylic acids is 1. The summed E-state index contributed by atoms with van der Waals surface area (Å²) >= 11 is 0. The van der Waals surface area contributed by atoms with Gasteiger partial charge in [0.05, 0.1) is 4.90 Å². The van der Waals surface area contributed by atoms with Gasteiger partial charge in [0.15, 0.2) is 11.6 Å². The molecular formula is C16H22F2N2O3S. The molecule has 1 saturated carbocycles. The van der Waals surface area contributed by atoms with Crippen molar-refractivity contribution in [2.75, 3.05) is 6.54 Å². The van der Waals surface area contributed by atoms with Gasteiger partial charge in [0.25, 0.3) is 0 Å². The van der Waals surface area contributed by atoms with Crippen LogP contribution in [-0.2, 0) is 14.8 Å². The Bertz CT molecular complexity index is 695. The molecule has 1 fully saturated rings. The maximum atomic E-state index is 13.1. The average molecular weight is 360 g/mol. The van der Waals surface area contributed by atoms with Crippen molar-refractivity contribution in [3.8, 4) is 0 Å². The Morgan fingerprint density at radius 2 is 2.00 bits per heavy atom. The van der Waals surface area contributed by atoms with E-state index in [0.717, 1.165) is 31.4 Å². The van der Waals surface area contributed by atoms with Gasteiger partial charge in [-0.05, 0) is 37.0 Å². The minimum atomic E-state index is -3.97. The number of hydrogen-bond acceptors (Lipinski definition) is 3. The van der Waals surface area contributed by atoms with Crippen molar-refractivity contribution >= 4 is 15.9 Å². The Morgan fingerprint density at radius 1 is 1.25 bits per heavy atom. The lowest BCUT2D eigenvalue weighted by molar-refractivity contribution is -0.121. The van der Waals surface area contributed by atoms with E-state index in [-0.39, 0.29) is 29.8 Å². The van der Waals surface area contributed by atoms with Gasteiger partial charge in [0.2, 0.25) is 15.9 Å². The highest BCUT2D eigenvalue weighted by Gasteiger charge is 2.21. The van der Waals surface area contributed by atoms with Gasteiger partial charge in [0, 0.05) is 19.0 Å². The van der Waals surface area contributed by atoms with Gasteiger partial charge in [0.1, 0.15) is 0 Å². The summed E-state index contributed by atoms with van der Waals surface area (Å²) < 4.78 is 52.2. The molecule has 1 aliphatic rings. The Hall–Kier alpha value is -1.54. The molecule has 0 bridgehead atoms. The Balaban J connectivity index is 1.81. The first-order valence-corrected chi connectivity index (χ1v) is 9.50. The number of carbonyl (C=O) groups is 1. The lowest BCUT2D eigenvalue weighted by atomic mass is 9.87. The minimum absolute atomic E-state index is 0.00616. The van der Waals surface area contributed by atoms with Crippen LogP contribution in [0.15, 0.2) is 23.1 Å². The van der Waals surface area contributed by atoms with Crippen molar-refractivity contribution in [1.29, 1.82) is 0 Å². The molecule has 1 amide bonds. The quantitative estimate of drug-likeness (QED) is 0.818. The zero-order valence-electron chi connectivity index (χ0n) is 13.5. The highest BCUT2D eigenvalue weighted by Crippen LogP contribution is 2.23. The van der Waals surface area contributed by atoms with E-state index in [1.807, 2.05) is 0 Å². The van der Waals surface area contributed by atoms with Gasteiger partial charge >= 0.3 is 0 Å². The van der Waals surface area contributed by atoms with E-state index in [9.17, 15) is 22.0 Å².